The van der Waals surface area contributed by atoms with Crippen molar-refractivity contribution in [2.24, 2.45) is 0 Å². The third kappa shape index (κ3) is 3.54. The van der Waals surface area contributed by atoms with Gasteiger partial charge in [0, 0.05) is 16.9 Å². The van der Waals surface area contributed by atoms with Crippen LogP contribution in [0.15, 0.2) is 176 Å². The van der Waals surface area contributed by atoms with E-state index in [9.17, 15) is 0 Å². The topological polar surface area (TPSA) is 21.1 Å². The first-order valence-corrected chi connectivity index (χ1v) is 16.2. The molecule has 0 bridgehead atoms. The lowest BCUT2D eigenvalue weighted by atomic mass is 9.73. The first kappa shape index (κ1) is 26.1. The van der Waals surface area contributed by atoms with Crippen molar-refractivity contribution < 1.29 is 0 Å². The number of nitrogens with zero attached hydrogens (tertiary/aromatic N) is 3. The second-order valence-corrected chi connectivity index (χ2v) is 12.4. The number of fused-ring (bicyclic) bond motifs is 12. The summed E-state index contributed by atoms with van der Waals surface area (Å²) >= 11 is 0. The number of aromatic nitrogens is 2. The van der Waals surface area contributed by atoms with Crippen LogP contribution in [0.2, 0.25) is 0 Å². The maximum Gasteiger partial charge on any atom is 0.134 e. The van der Waals surface area contributed by atoms with Gasteiger partial charge in [0.2, 0.25) is 0 Å². The number of anilines is 3. The van der Waals surface area contributed by atoms with Crippen LogP contribution in [-0.4, -0.2) is 9.55 Å². The van der Waals surface area contributed by atoms with Crippen LogP contribution in [0.5, 0.6) is 0 Å². The van der Waals surface area contributed by atoms with Crippen molar-refractivity contribution in [3.8, 4) is 27.9 Å². The van der Waals surface area contributed by atoms with Crippen LogP contribution >= 0.6 is 0 Å². The molecule has 47 heavy (non-hydrogen) atoms. The van der Waals surface area contributed by atoms with E-state index < -0.39 is 5.41 Å². The van der Waals surface area contributed by atoms with Crippen LogP contribution in [0.3, 0.4) is 0 Å². The molecular weight excluding hydrogens is 571 g/mol. The molecule has 8 aromatic rings. The maximum atomic E-state index is 5.42. The zero-order valence-electron chi connectivity index (χ0n) is 25.6. The summed E-state index contributed by atoms with van der Waals surface area (Å²) in [7, 11) is 0. The van der Waals surface area contributed by atoms with E-state index >= 15 is 0 Å². The third-order valence-corrected chi connectivity index (χ3v) is 9.98. The van der Waals surface area contributed by atoms with Crippen molar-refractivity contribution in [1.82, 2.24) is 9.55 Å². The summed E-state index contributed by atoms with van der Waals surface area (Å²) in [6.07, 6.45) is 0. The molecule has 2 aliphatic rings. The largest absolute Gasteiger partial charge is 0.310 e. The van der Waals surface area contributed by atoms with Crippen LogP contribution in [-0.2, 0) is 5.41 Å². The molecule has 2 heterocycles. The van der Waals surface area contributed by atoms with Gasteiger partial charge in [0.15, 0.2) is 0 Å². The average Bonchev–Trinajstić information content (AvgIpc) is 3.77. The minimum Gasteiger partial charge on any atom is -0.310 e. The van der Waals surface area contributed by atoms with E-state index in [-0.39, 0.29) is 0 Å². The molecule has 1 aromatic heterocycles. The highest BCUT2D eigenvalue weighted by molar-refractivity contribution is 5.99. The van der Waals surface area contributed by atoms with E-state index in [4.69, 9.17) is 4.98 Å². The first-order chi connectivity index (χ1) is 23.3. The Morgan fingerprint density at radius 3 is 1.91 bits per heavy atom. The molecule has 1 unspecified atom stereocenters. The van der Waals surface area contributed by atoms with Crippen LogP contribution < -0.4 is 4.90 Å². The quantitative estimate of drug-likeness (QED) is 0.201. The summed E-state index contributed by atoms with van der Waals surface area (Å²) in [4.78, 5) is 7.83. The van der Waals surface area contributed by atoms with Crippen molar-refractivity contribution >= 4 is 28.1 Å². The highest BCUT2D eigenvalue weighted by Gasteiger charge is 2.54. The SMILES string of the molecule is c1ccc(-c2ccc(N(c3ccccc3)c3cccc4c3-c3ccccc3C43c4ccccc4-n4c3nc3ccccc34)cc2)cc1. The molecule has 0 fully saturated rings. The fourth-order valence-corrected chi connectivity index (χ4v) is 8.09. The molecule has 10 rings (SSSR count). The van der Waals surface area contributed by atoms with Crippen LogP contribution in [0.25, 0.3) is 39.0 Å². The van der Waals surface area contributed by atoms with Gasteiger partial charge in [0.05, 0.1) is 22.4 Å². The predicted octanol–water partition coefficient (Wildman–Crippen LogP) is 10.8. The van der Waals surface area contributed by atoms with Gasteiger partial charge in [0.1, 0.15) is 11.2 Å². The standard InChI is InChI=1S/C44H29N3/c1-3-14-30(15-4-1)31-26-28-33(29-27-31)46(32-16-5-2-6-17-32)41-25-13-21-37-42(41)34-18-7-8-19-35(34)44(37)36-20-9-11-23-39(36)47-40-24-12-10-22-38(40)45-43(44)47/h1-29H. The van der Waals surface area contributed by atoms with Crippen LogP contribution in [0.1, 0.15) is 22.5 Å². The van der Waals surface area contributed by atoms with Crippen molar-refractivity contribution in [3.63, 3.8) is 0 Å². The lowest BCUT2D eigenvalue weighted by Crippen LogP contribution is -2.27. The van der Waals surface area contributed by atoms with Crippen molar-refractivity contribution in [3.05, 3.63) is 198 Å². The number of hydrogen-bond donors (Lipinski definition) is 0. The Morgan fingerprint density at radius 1 is 0.468 bits per heavy atom. The van der Waals surface area contributed by atoms with Gasteiger partial charge in [-0.3, -0.25) is 4.57 Å². The summed E-state index contributed by atoms with van der Waals surface area (Å²) in [5.41, 5.74) is 14.9. The highest BCUT2D eigenvalue weighted by Crippen LogP contribution is 2.62. The summed E-state index contributed by atoms with van der Waals surface area (Å²) < 4.78 is 2.39. The number of imidazole rings is 1. The fourth-order valence-electron chi connectivity index (χ4n) is 8.09. The van der Waals surface area contributed by atoms with Gasteiger partial charge in [-0.1, -0.05) is 127 Å². The average molecular weight is 600 g/mol. The lowest BCUT2D eigenvalue weighted by molar-refractivity contribution is 0.738. The highest BCUT2D eigenvalue weighted by atomic mass is 15.2. The molecule has 1 atom stereocenters. The normalized spacial score (nSPS) is 15.3. The second kappa shape index (κ2) is 9.90. The van der Waals surface area contributed by atoms with E-state index in [1.807, 2.05) is 0 Å². The van der Waals surface area contributed by atoms with Gasteiger partial charge in [-0.25, -0.2) is 4.98 Å². The Bertz CT molecular complexity index is 2460. The summed E-state index contributed by atoms with van der Waals surface area (Å²) in [6.45, 7) is 0. The van der Waals surface area contributed by atoms with Crippen LogP contribution in [0.4, 0.5) is 17.1 Å². The van der Waals surface area contributed by atoms with E-state index in [1.54, 1.807) is 0 Å². The molecule has 0 N–H and O–H groups in total. The minimum atomic E-state index is -0.545. The van der Waals surface area contributed by atoms with Crippen molar-refractivity contribution in [2.45, 2.75) is 5.41 Å². The Hall–Kier alpha value is -6.19. The Kier molecular flexibility index (Phi) is 5.49. The van der Waals surface area contributed by atoms with Crippen molar-refractivity contribution in [2.75, 3.05) is 4.90 Å². The molecule has 1 spiro atoms. The number of hydrogen-bond acceptors (Lipinski definition) is 2. The van der Waals surface area contributed by atoms with Crippen LogP contribution in [0, 0.1) is 0 Å². The Balaban J connectivity index is 1.26. The lowest BCUT2D eigenvalue weighted by Gasteiger charge is -2.30. The fraction of sp³-hybridized carbons (Fsp3) is 0.0227. The molecule has 1 aliphatic carbocycles. The van der Waals surface area contributed by atoms with E-state index in [0.29, 0.717) is 0 Å². The second-order valence-electron chi connectivity index (χ2n) is 12.4. The molecule has 0 saturated heterocycles. The number of benzene rings is 7. The van der Waals surface area contributed by atoms with Gasteiger partial charge in [-0.2, -0.15) is 0 Å². The van der Waals surface area contributed by atoms with Crippen molar-refractivity contribution in [1.29, 1.82) is 0 Å². The van der Waals surface area contributed by atoms with E-state index in [2.05, 4.69) is 185 Å². The maximum absolute atomic E-state index is 5.42. The monoisotopic (exact) mass is 599 g/mol. The third-order valence-electron chi connectivity index (χ3n) is 9.98. The van der Waals surface area contributed by atoms with Gasteiger partial charge in [0.25, 0.3) is 0 Å². The molecular formula is C44H29N3. The van der Waals surface area contributed by atoms with E-state index in [1.165, 1.54) is 44.6 Å². The Labute approximate surface area is 273 Å². The predicted molar refractivity (Wildman–Crippen MR) is 192 cm³/mol. The molecule has 0 amide bonds. The molecule has 7 aromatic carbocycles. The molecule has 1 aliphatic heterocycles. The minimum absolute atomic E-state index is 0.545. The van der Waals surface area contributed by atoms with Gasteiger partial charge in [-0.15, -0.1) is 0 Å². The smallest absolute Gasteiger partial charge is 0.134 e. The first-order valence-electron chi connectivity index (χ1n) is 16.2. The molecule has 0 saturated carbocycles. The molecule has 220 valence electrons. The number of para-hydroxylation sites is 4. The summed E-state index contributed by atoms with van der Waals surface area (Å²) in [5, 5.41) is 0. The number of rotatable bonds is 4. The Morgan fingerprint density at radius 2 is 1.09 bits per heavy atom. The van der Waals surface area contributed by atoms with Gasteiger partial charge < -0.3 is 4.90 Å². The zero-order valence-corrected chi connectivity index (χ0v) is 25.6. The molecule has 0 radical (unpaired) electrons. The summed E-state index contributed by atoms with van der Waals surface area (Å²) in [5.74, 6) is 1.06. The molecule has 3 heteroatoms. The van der Waals surface area contributed by atoms with Gasteiger partial charge >= 0.3 is 0 Å². The summed E-state index contributed by atoms with van der Waals surface area (Å²) in [6, 6.07) is 63.4. The zero-order chi connectivity index (χ0) is 31.0. The van der Waals surface area contributed by atoms with E-state index in [0.717, 1.165) is 33.9 Å². The molecule has 3 nitrogen and oxygen atoms in total. The van der Waals surface area contributed by atoms with Gasteiger partial charge in [-0.05, 0) is 81.9 Å².